The van der Waals surface area contributed by atoms with Gasteiger partial charge in [0.2, 0.25) is 0 Å². The number of imidazole rings is 1. The van der Waals surface area contributed by atoms with Crippen molar-refractivity contribution in [3.63, 3.8) is 0 Å². The second-order valence-electron chi connectivity index (χ2n) is 4.13. The van der Waals surface area contributed by atoms with Gasteiger partial charge in [0.25, 0.3) is 0 Å². The van der Waals surface area contributed by atoms with Crippen LogP contribution in [0.25, 0.3) is 22.4 Å². The number of hydrogen-bond acceptors (Lipinski definition) is 2. The smallest absolute Gasteiger partial charge is 0.335 e. The van der Waals surface area contributed by atoms with Gasteiger partial charge in [-0.2, -0.15) is 0 Å². The minimum absolute atomic E-state index is 0.214. The van der Waals surface area contributed by atoms with Crippen LogP contribution >= 0.6 is 0 Å². The molecular formula is C14H9FN2O2. The number of hydrogen-bond donors (Lipinski definition) is 2. The Kier molecular flexibility index (Phi) is 2.52. The lowest BCUT2D eigenvalue weighted by Crippen LogP contribution is -1.95. The Balaban J connectivity index is 2.06. The van der Waals surface area contributed by atoms with Crippen LogP contribution in [0.1, 0.15) is 10.4 Å². The highest BCUT2D eigenvalue weighted by atomic mass is 19.1. The lowest BCUT2D eigenvalue weighted by molar-refractivity contribution is 0.0697. The number of aromatic nitrogens is 2. The zero-order valence-corrected chi connectivity index (χ0v) is 9.72. The fourth-order valence-electron chi connectivity index (χ4n) is 1.89. The van der Waals surface area contributed by atoms with E-state index in [4.69, 9.17) is 5.11 Å². The van der Waals surface area contributed by atoms with E-state index in [1.165, 1.54) is 24.3 Å². The molecule has 19 heavy (non-hydrogen) atoms. The average molecular weight is 256 g/mol. The van der Waals surface area contributed by atoms with E-state index in [1.807, 2.05) is 0 Å². The molecule has 1 heterocycles. The lowest BCUT2D eigenvalue weighted by atomic mass is 10.1. The Bertz CT molecular complexity index is 763. The van der Waals surface area contributed by atoms with Gasteiger partial charge >= 0.3 is 5.97 Å². The zero-order valence-electron chi connectivity index (χ0n) is 9.72. The lowest BCUT2D eigenvalue weighted by Gasteiger charge is -1.97. The fraction of sp³-hybridized carbons (Fsp3) is 0. The van der Waals surface area contributed by atoms with Crippen molar-refractivity contribution in [2.75, 3.05) is 0 Å². The van der Waals surface area contributed by atoms with Crippen LogP contribution < -0.4 is 0 Å². The largest absolute Gasteiger partial charge is 0.478 e. The van der Waals surface area contributed by atoms with Crippen LogP contribution in [0.3, 0.4) is 0 Å². The molecular weight excluding hydrogens is 247 g/mol. The third-order valence-electron chi connectivity index (χ3n) is 2.85. The van der Waals surface area contributed by atoms with Crippen LogP contribution in [-0.4, -0.2) is 21.0 Å². The molecule has 0 amide bonds. The monoisotopic (exact) mass is 256 g/mol. The van der Waals surface area contributed by atoms with E-state index in [9.17, 15) is 9.18 Å². The molecule has 3 rings (SSSR count). The van der Waals surface area contributed by atoms with Gasteiger partial charge in [0.05, 0.1) is 16.6 Å². The zero-order chi connectivity index (χ0) is 13.4. The third-order valence-corrected chi connectivity index (χ3v) is 2.85. The van der Waals surface area contributed by atoms with Crippen molar-refractivity contribution in [3.05, 3.63) is 53.8 Å². The molecule has 3 aromatic rings. The molecule has 0 saturated heterocycles. The van der Waals surface area contributed by atoms with Crippen LogP contribution in [0.15, 0.2) is 42.5 Å². The van der Waals surface area contributed by atoms with Crippen molar-refractivity contribution >= 4 is 17.0 Å². The van der Waals surface area contributed by atoms with Crippen LogP contribution in [0.5, 0.6) is 0 Å². The average Bonchev–Trinajstić information content (AvgIpc) is 2.81. The summed E-state index contributed by atoms with van der Waals surface area (Å²) in [5.74, 6) is -0.723. The first-order chi connectivity index (χ1) is 9.13. The molecule has 2 aromatic carbocycles. The van der Waals surface area contributed by atoms with E-state index in [0.717, 1.165) is 5.56 Å². The molecule has 4 nitrogen and oxygen atoms in total. The number of fused-ring (bicyclic) bond motifs is 1. The van der Waals surface area contributed by atoms with Crippen LogP contribution in [0, 0.1) is 5.82 Å². The number of carboxylic acids is 1. The summed E-state index contributed by atoms with van der Waals surface area (Å²) < 4.78 is 13.1. The van der Waals surface area contributed by atoms with Gasteiger partial charge in [-0.25, -0.2) is 14.2 Å². The highest BCUT2D eigenvalue weighted by molar-refractivity contribution is 5.88. The van der Waals surface area contributed by atoms with E-state index < -0.39 is 5.97 Å². The Morgan fingerprint density at radius 3 is 2.58 bits per heavy atom. The number of halogens is 1. The van der Waals surface area contributed by atoms with Crippen molar-refractivity contribution in [1.82, 2.24) is 9.97 Å². The molecule has 0 atom stereocenters. The molecule has 94 valence electrons. The fourth-order valence-corrected chi connectivity index (χ4v) is 1.89. The summed E-state index contributed by atoms with van der Waals surface area (Å²) in [6, 6.07) is 10.7. The number of rotatable bonds is 2. The second-order valence-corrected chi connectivity index (χ2v) is 4.13. The predicted molar refractivity (Wildman–Crippen MR) is 68.4 cm³/mol. The summed E-state index contributed by atoms with van der Waals surface area (Å²) in [7, 11) is 0. The minimum Gasteiger partial charge on any atom is -0.478 e. The van der Waals surface area contributed by atoms with Gasteiger partial charge in [0, 0.05) is 5.56 Å². The van der Waals surface area contributed by atoms with Gasteiger partial charge in [-0.1, -0.05) is 12.1 Å². The van der Waals surface area contributed by atoms with Gasteiger partial charge in [0.15, 0.2) is 0 Å². The minimum atomic E-state index is -0.974. The molecule has 1 aromatic heterocycles. The van der Waals surface area contributed by atoms with Gasteiger partial charge in [-0.3, -0.25) is 0 Å². The second kappa shape index (κ2) is 4.20. The highest BCUT2D eigenvalue weighted by Gasteiger charge is 2.07. The molecule has 0 radical (unpaired) electrons. The number of nitrogens with zero attached hydrogens (tertiary/aromatic N) is 1. The van der Waals surface area contributed by atoms with Gasteiger partial charge in [0.1, 0.15) is 11.6 Å². The number of H-pyrrole nitrogens is 1. The van der Waals surface area contributed by atoms with E-state index in [2.05, 4.69) is 9.97 Å². The number of aromatic amines is 1. The van der Waals surface area contributed by atoms with Gasteiger partial charge < -0.3 is 10.1 Å². The first-order valence-electron chi connectivity index (χ1n) is 5.62. The highest BCUT2D eigenvalue weighted by Crippen LogP contribution is 2.21. The quantitative estimate of drug-likeness (QED) is 0.740. The number of nitrogens with one attached hydrogen (secondary N) is 1. The number of carboxylic acid groups (broad SMARTS) is 1. The van der Waals surface area contributed by atoms with Crippen molar-refractivity contribution in [1.29, 1.82) is 0 Å². The Labute approximate surface area is 107 Å². The van der Waals surface area contributed by atoms with Crippen molar-refractivity contribution in [2.24, 2.45) is 0 Å². The van der Waals surface area contributed by atoms with Crippen molar-refractivity contribution in [2.45, 2.75) is 0 Å². The van der Waals surface area contributed by atoms with E-state index in [-0.39, 0.29) is 11.4 Å². The molecule has 0 saturated carbocycles. The maximum atomic E-state index is 13.1. The molecule has 2 N–H and O–H groups in total. The Hall–Kier alpha value is -2.69. The first-order valence-corrected chi connectivity index (χ1v) is 5.62. The first kappa shape index (κ1) is 11.4. The molecule has 0 aliphatic rings. The summed E-state index contributed by atoms with van der Waals surface area (Å²) >= 11 is 0. The Morgan fingerprint density at radius 1 is 1.16 bits per heavy atom. The van der Waals surface area contributed by atoms with Crippen LogP contribution in [0.2, 0.25) is 0 Å². The summed E-state index contributed by atoms with van der Waals surface area (Å²) in [6.45, 7) is 0. The van der Waals surface area contributed by atoms with E-state index >= 15 is 0 Å². The van der Waals surface area contributed by atoms with Crippen molar-refractivity contribution in [3.8, 4) is 11.4 Å². The molecule has 0 spiro atoms. The molecule has 0 aliphatic carbocycles. The normalized spacial score (nSPS) is 10.8. The molecule has 0 bridgehead atoms. The van der Waals surface area contributed by atoms with Crippen molar-refractivity contribution < 1.29 is 14.3 Å². The van der Waals surface area contributed by atoms with E-state index in [1.54, 1.807) is 18.2 Å². The SMILES string of the molecule is O=C(O)c1ccc(-c2nc3ccc(F)cc3[nH]2)cc1. The number of aromatic carboxylic acids is 1. The van der Waals surface area contributed by atoms with E-state index in [0.29, 0.717) is 16.9 Å². The number of carbonyl (C=O) groups is 1. The molecule has 5 heteroatoms. The maximum absolute atomic E-state index is 13.1. The van der Waals surface area contributed by atoms with Gasteiger partial charge in [-0.05, 0) is 30.3 Å². The summed E-state index contributed by atoms with van der Waals surface area (Å²) in [4.78, 5) is 18.1. The van der Waals surface area contributed by atoms with Crippen LogP contribution in [0.4, 0.5) is 4.39 Å². The summed E-state index contributed by atoms with van der Waals surface area (Å²) in [5.41, 5.74) is 2.24. The molecule has 0 aliphatic heterocycles. The topological polar surface area (TPSA) is 66.0 Å². The maximum Gasteiger partial charge on any atom is 0.335 e. The number of benzene rings is 2. The summed E-state index contributed by atoms with van der Waals surface area (Å²) in [5, 5.41) is 8.83. The van der Waals surface area contributed by atoms with Crippen LogP contribution in [-0.2, 0) is 0 Å². The van der Waals surface area contributed by atoms with Gasteiger partial charge in [-0.15, -0.1) is 0 Å². The molecule has 0 fully saturated rings. The Morgan fingerprint density at radius 2 is 1.89 bits per heavy atom. The summed E-state index contributed by atoms with van der Waals surface area (Å²) in [6.07, 6.45) is 0. The predicted octanol–water partition coefficient (Wildman–Crippen LogP) is 3.07. The third kappa shape index (κ3) is 2.06. The molecule has 0 unspecified atom stereocenters. The standard InChI is InChI=1S/C14H9FN2O2/c15-10-5-6-11-12(7-10)17-13(16-11)8-1-3-9(4-2-8)14(18)19/h1-7H,(H,16,17)(H,18,19).